The van der Waals surface area contributed by atoms with Crippen LogP contribution in [0.3, 0.4) is 0 Å². The average Bonchev–Trinajstić information content (AvgIpc) is 1.99. The molecule has 0 saturated heterocycles. The SMILES string of the molecule is CCOC(=O)C(C(=O)CC(F)(F)F)C(C)C. The molecule has 0 aromatic carbocycles. The first-order chi connectivity index (χ1) is 7.19. The van der Waals surface area contributed by atoms with E-state index in [0.717, 1.165) is 0 Å². The van der Waals surface area contributed by atoms with Crippen molar-refractivity contribution in [1.82, 2.24) is 0 Å². The lowest BCUT2D eigenvalue weighted by Crippen LogP contribution is -2.33. The number of hydrogen-bond donors (Lipinski definition) is 0. The fourth-order valence-corrected chi connectivity index (χ4v) is 1.31. The summed E-state index contributed by atoms with van der Waals surface area (Å²) in [6.45, 7) is 4.59. The van der Waals surface area contributed by atoms with Crippen molar-refractivity contribution >= 4 is 11.8 Å². The summed E-state index contributed by atoms with van der Waals surface area (Å²) in [6, 6.07) is 0. The van der Waals surface area contributed by atoms with Gasteiger partial charge < -0.3 is 4.74 Å². The molecule has 0 aliphatic carbocycles. The van der Waals surface area contributed by atoms with Crippen LogP contribution in [0.15, 0.2) is 0 Å². The summed E-state index contributed by atoms with van der Waals surface area (Å²) in [7, 11) is 0. The number of ether oxygens (including phenoxy) is 1. The summed E-state index contributed by atoms with van der Waals surface area (Å²) in [5, 5.41) is 0. The molecule has 0 saturated carbocycles. The van der Waals surface area contributed by atoms with Gasteiger partial charge in [0, 0.05) is 0 Å². The Morgan fingerprint density at radius 2 is 1.75 bits per heavy atom. The fraction of sp³-hybridized carbons (Fsp3) is 0.800. The van der Waals surface area contributed by atoms with Gasteiger partial charge in [0.05, 0.1) is 6.61 Å². The Kier molecular flexibility index (Phi) is 5.47. The Balaban J connectivity index is 4.67. The van der Waals surface area contributed by atoms with E-state index in [-0.39, 0.29) is 6.61 Å². The van der Waals surface area contributed by atoms with E-state index in [2.05, 4.69) is 4.74 Å². The molecule has 0 aliphatic rings. The molecule has 94 valence electrons. The van der Waals surface area contributed by atoms with Crippen LogP contribution in [0.1, 0.15) is 27.2 Å². The number of hydrogen-bond acceptors (Lipinski definition) is 3. The first-order valence-electron chi connectivity index (χ1n) is 4.95. The topological polar surface area (TPSA) is 43.4 Å². The number of rotatable bonds is 5. The number of esters is 1. The number of ketones is 1. The van der Waals surface area contributed by atoms with Gasteiger partial charge in [-0.15, -0.1) is 0 Å². The van der Waals surface area contributed by atoms with Crippen molar-refractivity contribution in [3.63, 3.8) is 0 Å². The predicted molar refractivity (Wildman–Crippen MR) is 50.6 cm³/mol. The lowest BCUT2D eigenvalue weighted by molar-refractivity contribution is -0.163. The van der Waals surface area contributed by atoms with Gasteiger partial charge in [-0.2, -0.15) is 13.2 Å². The summed E-state index contributed by atoms with van der Waals surface area (Å²) >= 11 is 0. The van der Waals surface area contributed by atoms with Crippen molar-refractivity contribution in [3.8, 4) is 0 Å². The minimum Gasteiger partial charge on any atom is -0.465 e. The van der Waals surface area contributed by atoms with Crippen LogP contribution in [-0.2, 0) is 14.3 Å². The molecular formula is C10H15F3O3. The number of halogens is 3. The minimum absolute atomic E-state index is 0.0430. The zero-order valence-corrected chi connectivity index (χ0v) is 9.43. The van der Waals surface area contributed by atoms with Gasteiger partial charge in [0.1, 0.15) is 12.3 Å². The van der Waals surface area contributed by atoms with Crippen molar-refractivity contribution in [2.24, 2.45) is 11.8 Å². The highest BCUT2D eigenvalue weighted by Crippen LogP contribution is 2.25. The molecule has 0 heterocycles. The highest BCUT2D eigenvalue weighted by atomic mass is 19.4. The normalized spacial score (nSPS) is 13.7. The van der Waals surface area contributed by atoms with Crippen molar-refractivity contribution in [3.05, 3.63) is 0 Å². The number of alkyl halides is 3. The highest BCUT2D eigenvalue weighted by molar-refractivity contribution is 5.99. The maximum absolute atomic E-state index is 12.0. The van der Waals surface area contributed by atoms with Crippen molar-refractivity contribution in [2.45, 2.75) is 33.4 Å². The highest BCUT2D eigenvalue weighted by Gasteiger charge is 2.39. The largest absolute Gasteiger partial charge is 0.465 e. The van der Waals surface area contributed by atoms with Crippen LogP contribution in [0, 0.1) is 11.8 Å². The van der Waals surface area contributed by atoms with Crippen LogP contribution < -0.4 is 0 Å². The van der Waals surface area contributed by atoms with Gasteiger partial charge in [-0.3, -0.25) is 9.59 Å². The molecule has 6 heteroatoms. The van der Waals surface area contributed by atoms with E-state index in [1.165, 1.54) is 20.8 Å². The van der Waals surface area contributed by atoms with Gasteiger partial charge in [0.15, 0.2) is 5.78 Å². The molecule has 0 spiro atoms. The number of carbonyl (C=O) groups is 2. The van der Waals surface area contributed by atoms with Crippen LogP contribution in [0.25, 0.3) is 0 Å². The molecule has 1 atom stereocenters. The van der Waals surface area contributed by atoms with Crippen LogP contribution in [0.2, 0.25) is 0 Å². The van der Waals surface area contributed by atoms with Gasteiger partial charge in [0.2, 0.25) is 0 Å². The van der Waals surface area contributed by atoms with E-state index in [4.69, 9.17) is 0 Å². The van der Waals surface area contributed by atoms with Crippen molar-refractivity contribution < 1.29 is 27.5 Å². The zero-order valence-electron chi connectivity index (χ0n) is 9.43. The molecule has 0 aromatic heterocycles. The quantitative estimate of drug-likeness (QED) is 0.547. The molecule has 0 rings (SSSR count). The Hall–Kier alpha value is -1.07. The van der Waals surface area contributed by atoms with Crippen molar-refractivity contribution in [2.75, 3.05) is 6.61 Å². The van der Waals surface area contributed by atoms with Gasteiger partial charge >= 0.3 is 12.1 Å². The lowest BCUT2D eigenvalue weighted by atomic mass is 9.90. The first-order valence-corrected chi connectivity index (χ1v) is 4.95. The molecule has 0 N–H and O–H groups in total. The summed E-state index contributed by atoms with van der Waals surface area (Å²) in [6.07, 6.45) is -6.18. The van der Waals surface area contributed by atoms with Gasteiger partial charge in [-0.25, -0.2) is 0 Å². The van der Waals surface area contributed by atoms with E-state index in [9.17, 15) is 22.8 Å². The first kappa shape index (κ1) is 14.9. The third-order valence-electron chi connectivity index (χ3n) is 1.93. The number of carbonyl (C=O) groups excluding carboxylic acids is 2. The molecule has 0 bridgehead atoms. The number of Topliss-reactive ketones (excluding diaryl/α,β-unsaturated/α-hetero) is 1. The van der Waals surface area contributed by atoms with E-state index >= 15 is 0 Å². The Morgan fingerprint density at radius 1 is 1.25 bits per heavy atom. The van der Waals surface area contributed by atoms with Gasteiger partial charge in [0.25, 0.3) is 0 Å². The third kappa shape index (κ3) is 5.14. The third-order valence-corrected chi connectivity index (χ3v) is 1.93. The van der Waals surface area contributed by atoms with E-state index in [0.29, 0.717) is 0 Å². The maximum Gasteiger partial charge on any atom is 0.395 e. The second-order valence-electron chi connectivity index (χ2n) is 3.73. The minimum atomic E-state index is -4.59. The van der Waals surface area contributed by atoms with Crippen LogP contribution in [-0.4, -0.2) is 24.5 Å². The van der Waals surface area contributed by atoms with Crippen molar-refractivity contribution in [1.29, 1.82) is 0 Å². The van der Waals surface area contributed by atoms with E-state index in [1.807, 2.05) is 0 Å². The van der Waals surface area contributed by atoms with Crippen LogP contribution in [0.4, 0.5) is 13.2 Å². The Labute approximate surface area is 92.0 Å². The molecular weight excluding hydrogens is 225 g/mol. The molecule has 16 heavy (non-hydrogen) atoms. The second kappa shape index (κ2) is 5.86. The second-order valence-corrected chi connectivity index (χ2v) is 3.73. The van der Waals surface area contributed by atoms with Crippen LogP contribution in [0.5, 0.6) is 0 Å². The fourth-order valence-electron chi connectivity index (χ4n) is 1.31. The summed E-state index contributed by atoms with van der Waals surface area (Å²) < 4.78 is 40.6. The predicted octanol–water partition coefficient (Wildman–Crippen LogP) is 2.34. The monoisotopic (exact) mass is 240 g/mol. The summed E-state index contributed by atoms with van der Waals surface area (Å²) in [5.74, 6) is -3.86. The van der Waals surface area contributed by atoms with Crippen LogP contribution >= 0.6 is 0 Å². The molecule has 3 nitrogen and oxygen atoms in total. The van der Waals surface area contributed by atoms with E-state index < -0.39 is 36.2 Å². The lowest BCUT2D eigenvalue weighted by Gasteiger charge is -2.18. The molecule has 0 aromatic rings. The van der Waals surface area contributed by atoms with Gasteiger partial charge in [-0.05, 0) is 12.8 Å². The van der Waals surface area contributed by atoms with Gasteiger partial charge in [-0.1, -0.05) is 13.8 Å². The Morgan fingerprint density at radius 3 is 2.06 bits per heavy atom. The van der Waals surface area contributed by atoms with E-state index in [1.54, 1.807) is 0 Å². The standard InChI is InChI=1S/C10H15F3O3/c1-4-16-9(15)8(6(2)3)7(14)5-10(11,12)13/h6,8H,4-5H2,1-3H3. The molecule has 0 aliphatic heterocycles. The zero-order chi connectivity index (χ0) is 12.9. The summed E-state index contributed by atoms with van der Waals surface area (Å²) in [5.41, 5.74) is 0. The summed E-state index contributed by atoms with van der Waals surface area (Å²) in [4.78, 5) is 22.6. The molecule has 1 unspecified atom stereocenters. The average molecular weight is 240 g/mol. The smallest absolute Gasteiger partial charge is 0.395 e. The Bertz CT molecular complexity index is 259. The molecule has 0 amide bonds. The maximum atomic E-state index is 12.0. The molecule has 0 radical (unpaired) electrons. The molecule has 0 fully saturated rings.